The number of hydrogen-bond donors (Lipinski definition) is 0. The smallest absolute Gasteiger partial charge is 0.258 e. The van der Waals surface area contributed by atoms with Crippen LogP contribution in [0.2, 0.25) is 0 Å². The van der Waals surface area contributed by atoms with Crippen molar-refractivity contribution in [3.8, 4) is 0 Å². The Morgan fingerprint density at radius 2 is 1.89 bits per heavy atom. The largest absolute Gasteiger partial charge is 0.269 e. The molecule has 4 heteroatoms. The van der Waals surface area contributed by atoms with Crippen LogP contribution in [0, 0.1) is 17.0 Å². The van der Waals surface area contributed by atoms with E-state index >= 15 is 0 Å². The maximum Gasteiger partial charge on any atom is 0.269 e. The molecule has 0 aliphatic carbocycles. The lowest BCUT2D eigenvalue weighted by molar-refractivity contribution is -0.384. The van der Waals surface area contributed by atoms with E-state index in [1.807, 2.05) is 6.07 Å². The molecule has 0 atom stereocenters. The topological polar surface area (TPSA) is 43.1 Å². The van der Waals surface area contributed by atoms with E-state index in [4.69, 9.17) is 0 Å². The number of benzene rings is 2. The third-order valence-corrected chi connectivity index (χ3v) is 3.61. The van der Waals surface area contributed by atoms with E-state index < -0.39 is 0 Å². The van der Waals surface area contributed by atoms with Crippen LogP contribution in [-0.2, 0) is 5.75 Å². The second-order valence-electron chi connectivity index (χ2n) is 4.03. The fourth-order valence-corrected chi connectivity index (χ4v) is 2.56. The van der Waals surface area contributed by atoms with Crippen molar-refractivity contribution >= 4 is 17.4 Å². The summed E-state index contributed by atoms with van der Waals surface area (Å²) in [5.41, 5.74) is 2.47. The Morgan fingerprint density at radius 1 is 1.17 bits per heavy atom. The van der Waals surface area contributed by atoms with E-state index in [9.17, 15) is 10.1 Å². The number of hydrogen-bond acceptors (Lipinski definition) is 3. The molecule has 18 heavy (non-hydrogen) atoms. The third kappa shape index (κ3) is 3.34. The minimum absolute atomic E-state index is 0.138. The van der Waals surface area contributed by atoms with Gasteiger partial charge in [-0.15, -0.1) is 11.8 Å². The fourth-order valence-electron chi connectivity index (χ4n) is 1.59. The molecule has 2 aromatic rings. The SMILES string of the molecule is Cc1cccc(SCc2ccc([N+](=O)[O-])cc2)c1. The van der Waals surface area contributed by atoms with Crippen molar-refractivity contribution < 1.29 is 4.92 Å². The second-order valence-corrected chi connectivity index (χ2v) is 5.08. The zero-order valence-electron chi connectivity index (χ0n) is 10.00. The molecule has 0 bridgehead atoms. The van der Waals surface area contributed by atoms with E-state index in [1.54, 1.807) is 36.0 Å². The second kappa shape index (κ2) is 5.69. The Balaban J connectivity index is 2.00. The Bertz CT molecular complexity index is 552. The number of aryl methyl sites for hydroxylation is 1. The zero-order chi connectivity index (χ0) is 13.0. The van der Waals surface area contributed by atoms with Crippen molar-refractivity contribution in [1.29, 1.82) is 0 Å². The predicted octanol–water partition coefficient (Wildman–Crippen LogP) is 4.20. The molecule has 2 rings (SSSR count). The van der Waals surface area contributed by atoms with Crippen LogP contribution < -0.4 is 0 Å². The quantitative estimate of drug-likeness (QED) is 0.469. The van der Waals surface area contributed by atoms with Gasteiger partial charge in [0.05, 0.1) is 4.92 Å². The molecule has 0 aliphatic rings. The average molecular weight is 259 g/mol. The highest BCUT2D eigenvalue weighted by Gasteiger charge is 2.04. The molecular weight excluding hydrogens is 246 g/mol. The lowest BCUT2D eigenvalue weighted by atomic mass is 10.2. The summed E-state index contributed by atoms with van der Waals surface area (Å²) in [7, 11) is 0. The molecule has 0 amide bonds. The molecule has 2 aromatic carbocycles. The lowest BCUT2D eigenvalue weighted by Crippen LogP contribution is -1.88. The Labute approximate surface area is 110 Å². The highest BCUT2D eigenvalue weighted by Crippen LogP contribution is 2.24. The van der Waals surface area contributed by atoms with Crippen molar-refractivity contribution in [2.45, 2.75) is 17.6 Å². The highest BCUT2D eigenvalue weighted by molar-refractivity contribution is 7.98. The summed E-state index contributed by atoms with van der Waals surface area (Å²) < 4.78 is 0. The van der Waals surface area contributed by atoms with Gasteiger partial charge in [0.2, 0.25) is 0 Å². The first kappa shape index (κ1) is 12.6. The Kier molecular flexibility index (Phi) is 3.99. The van der Waals surface area contributed by atoms with Crippen LogP contribution in [0.3, 0.4) is 0 Å². The monoisotopic (exact) mass is 259 g/mol. The summed E-state index contributed by atoms with van der Waals surface area (Å²) in [6.07, 6.45) is 0. The van der Waals surface area contributed by atoms with Crippen LogP contribution in [0.4, 0.5) is 5.69 Å². The van der Waals surface area contributed by atoms with Crippen LogP contribution in [0.15, 0.2) is 53.4 Å². The molecule has 0 aromatic heterocycles. The van der Waals surface area contributed by atoms with Crippen molar-refractivity contribution in [3.05, 3.63) is 69.8 Å². The van der Waals surface area contributed by atoms with Gasteiger partial charge < -0.3 is 0 Å². The number of non-ortho nitro benzene ring substituents is 1. The van der Waals surface area contributed by atoms with Gasteiger partial charge in [-0.25, -0.2) is 0 Å². The van der Waals surface area contributed by atoms with Crippen LogP contribution in [0.1, 0.15) is 11.1 Å². The average Bonchev–Trinajstić information content (AvgIpc) is 2.37. The summed E-state index contributed by atoms with van der Waals surface area (Å²) in [6.45, 7) is 2.07. The number of nitrogens with zero attached hydrogens (tertiary/aromatic N) is 1. The van der Waals surface area contributed by atoms with Gasteiger partial charge in [-0.2, -0.15) is 0 Å². The molecule has 0 fully saturated rings. The molecule has 92 valence electrons. The van der Waals surface area contributed by atoms with E-state index in [0.717, 1.165) is 11.3 Å². The summed E-state index contributed by atoms with van der Waals surface area (Å²) >= 11 is 1.73. The molecule has 3 nitrogen and oxygen atoms in total. The van der Waals surface area contributed by atoms with E-state index in [2.05, 4.69) is 25.1 Å². The van der Waals surface area contributed by atoms with E-state index in [-0.39, 0.29) is 10.6 Å². The highest BCUT2D eigenvalue weighted by atomic mass is 32.2. The van der Waals surface area contributed by atoms with Gasteiger partial charge in [-0.1, -0.05) is 29.8 Å². The Hall–Kier alpha value is -1.81. The van der Waals surface area contributed by atoms with Crippen molar-refractivity contribution in [1.82, 2.24) is 0 Å². The summed E-state index contributed by atoms with van der Waals surface area (Å²) in [5, 5.41) is 10.5. The maximum absolute atomic E-state index is 10.5. The molecule has 0 N–H and O–H groups in total. The van der Waals surface area contributed by atoms with E-state index in [1.165, 1.54) is 10.5 Å². The first-order chi connectivity index (χ1) is 8.65. The molecule has 0 spiro atoms. The lowest BCUT2D eigenvalue weighted by Gasteiger charge is -2.03. The van der Waals surface area contributed by atoms with Crippen LogP contribution >= 0.6 is 11.8 Å². The van der Waals surface area contributed by atoms with Crippen molar-refractivity contribution in [3.63, 3.8) is 0 Å². The molecule has 0 radical (unpaired) electrons. The zero-order valence-corrected chi connectivity index (χ0v) is 10.8. The van der Waals surface area contributed by atoms with Crippen LogP contribution in [-0.4, -0.2) is 4.92 Å². The fraction of sp³-hybridized carbons (Fsp3) is 0.143. The molecule has 0 heterocycles. The summed E-state index contributed by atoms with van der Waals surface area (Å²) in [5.74, 6) is 0.821. The normalized spacial score (nSPS) is 10.3. The van der Waals surface area contributed by atoms with Gasteiger partial charge in [-0.3, -0.25) is 10.1 Å². The first-order valence-corrected chi connectivity index (χ1v) is 6.56. The number of thioether (sulfide) groups is 1. The van der Waals surface area contributed by atoms with Gasteiger partial charge >= 0.3 is 0 Å². The molecule has 0 aliphatic heterocycles. The number of rotatable bonds is 4. The van der Waals surface area contributed by atoms with Crippen LogP contribution in [0.25, 0.3) is 0 Å². The molecular formula is C14H13NO2S. The maximum atomic E-state index is 10.5. The standard InChI is InChI=1S/C14H13NO2S/c1-11-3-2-4-14(9-11)18-10-12-5-7-13(8-6-12)15(16)17/h2-9H,10H2,1H3. The van der Waals surface area contributed by atoms with Crippen molar-refractivity contribution in [2.75, 3.05) is 0 Å². The van der Waals surface area contributed by atoms with Gasteiger partial charge in [0.1, 0.15) is 0 Å². The van der Waals surface area contributed by atoms with E-state index in [0.29, 0.717) is 0 Å². The van der Waals surface area contributed by atoms with Gasteiger partial charge in [0.15, 0.2) is 0 Å². The summed E-state index contributed by atoms with van der Waals surface area (Å²) in [4.78, 5) is 11.4. The van der Waals surface area contributed by atoms with Gasteiger partial charge in [0, 0.05) is 22.8 Å². The molecule has 0 saturated carbocycles. The van der Waals surface area contributed by atoms with Gasteiger partial charge in [-0.05, 0) is 24.6 Å². The third-order valence-electron chi connectivity index (χ3n) is 2.54. The van der Waals surface area contributed by atoms with Gasteiger partial charge in [0.25, 0.3) is 5.69 Å². The predicted molar refractivity (Wildman–Crippen MR) is 73.8 cm³/mol. The Morgan fingerprint density at radius 3 is 2.50 bits per heavy atom. The molecule has 0 saturated heterocycles. The summed E-state index contributed by atoms with van der Waals surface area (Å²) in [6, 6.07) is 15.0. The van der Waals surface area contributed by atoms with Crippen LogP contribution in [0.5, 0.6) is 0 Å². The van der Waals surface area contributed by atoms with Crippen molar-refractivity contribution in [2.24, 2.45) is 0 Å². The minimum Gasteiger partial charge on any atom is -0.258 e. The number of nitro groups is 1. The minimum atomic E-state index is -0.378. The first-order valence-electron chi connectivity index (χ1n) is 5.58. The number of nitro benzene ring substituents is 1. The molecule has 0 unspecified atom stereocenters.